The summed E-state index contributed by atoms with van der Waals surface area (Å²) in [6.07, 6.45) is 2.83. The number of piperidine rings is 1. The first-order valence-corrected chi connectivity index (χ1v) is 8.21. The molecule has 1 saturated heterocycles. The fourth-order valence-corrected chi connectivity index (χ4v) is 3.18. The highest BCUT2D eigenvalue weighted by atomic mass is 16.2. The number of carbonyl (C=O) groups excluding carboxylic acids is 1. The van der Waals surface area contributed by atoms with Crippen molar-refractivity contribution in [1.29, 1.82) is 0 Å². The molecule has 0 radical (unpaired) electrons. The van der Waals surface area contributed by atoms with E-state index >= 15 is 0 Å². The normalized spacial score (nSPS) is 16.9. The Morgan fingerprint density at radius 1 is 1.19 bits per heavy atom. The minimum atomic E-state index is 0.300. The standard InChI is InChI=1S/C18H28N2O/c1-4-18(21)20(5-2)17-10-12-19(13-11-17)14-16-8-6-15(3)7-9-16/h6-9,17H,4-5,10-14H2,1-3H3. The van der Waals surface area contributed by atoms with E-state index in [1.807, 2.05) is 6.92 Å². The Kier molecular flexibility index (Phi) is 5.80. The van der Waals surface area contributed by atoms with E-state index in [0.29, 0.717) is 18.4 Å². The summed E-state index contributed by atoms with van der Waals surface area (Å²) in [5, 5.41) is 0. The van der Waals surface area contributed by atoms with Gasteiger partial charge in [0, 0.05) is 38.6 Å². The van der Waals surface area contributed by atoms with E-state index in [1.54, 1.807) is 0 Å². The highest BCUT2D eigenvalue weighted by Crippen LogP contribution is 2.19. The van der Waals surface area contributed by atoms with Crippen molar-refractivity contribution in [3.63, 3.8) is 0 Å². The minimum absolute atomic E-state index is 0.300. The van der Waals surface area contributed by atoms with Crippen LogP contribution in [0.3, 0.4) is 0 Å². The lowest BCUT2D eigenvalue weighted by atomic mass is 10.0. The number of likely N-dealkylation sites (tertiary alicyclic amines) is 1. The molecule has 0 saturated carbocycles. The van der Waals surface area contributed by atoms with Crippen LogP contribution in [0.4, 0.5) is 0 Å². The molecule has 1 fully saturated rings. The van der Waals surface area contributed by atoms with Gasteiger partial charge in [-0.2, -0.15) is 0 Å². The molecule has 0 N–H and O–H groups in total. The van der Waals surface area contributed by atoms with Crippen molar-refractivity contribution in [2.75, 3.05) is 19.6 Å². The number of rotatable bonds is 5. The fraction of sp³-hybridized carbons (Fsp3) is 0.611. The third kappa shape index (κ3) is 4.31. The maximum Gasteiger partial charge on any atom is 0.222 e. The molecule has 1 heterocycles. The van der Waals surface area contributed by atoms with E-state index in [9.17, 15) is 4.79 Å². The Balaban J connectivity index is 1.85. The molecule has 116 valence electrons. The number of carbonyl (C=O) groups is 1. The van der Waals surface area contributed by atoms with Crippen molar-refractivity contribution >= 4 is 5.91 Å². The number of hydrogen-bond acceptors (Lipinski definition) is 2. The molecule has 0 bridgehead atoms. The topological polar surface area (TPSA) is 23.6 Å². The van der Waals surface area contributed by atoms with Crippen LogP contribution in [0.5, 0.6) is 0 Å². The van der Waals surface area contributed by atoms with Gasteiger partial charge in [0.25, 0.3) is 0 Å². The minimum Gasteiger partial charge on any atom is -0.340 e. The first-order valence-electron chi connectivity index (χ1n) is 8.21. The third-order valence-corrected chi connectivity index (χ3v) is 4.49. The van der Waals surface area contributed by atoms with Gasteiger partial charge in [-0.3, -0.25) is 9.69 Å². The summed E-state index contributed by atoms with van der Waals surface area (Å²) in [5.74, 6) is 0.300. The lowest BCUT2D eigenvalue weighted by molar-refractivity contribution is -0.133. The zero-order valence-corrected chi connectivity index (χ0v) is 13.6. The van der Waals surface area contributed by atoms with Crippen LogP contribution >= 0.6 is 0 Å². The highest BCUT2D eigenvalue weighted by Gasteiger charge is 2.25. The van der Waals surface area contributed by atoms with E-state index in [0.717, 1.165) is 39.0 Å². The first-order chi connectivity index (χ1) is 10.1. The van der Waals surface area contributed by atoms with Crippen LogP contribution in [-0.2, 0) is 11.3 Å². The fourth-order valence-electron chi connectivity index (χ4n) is 3.18. The van der Waals surface area contributed by atoms with Crippen LogP contribution in [0.2, 0.25) is 0 Å². The second kappa shape index (κ2) is 7.60. The van der Waals surface area contributed by atoms with Gasteiger partial charge in [0.05, 0.1) is 0 Å². The molecule has 1 amide bonds. The molecule has 21 heavy (non-hydrogen) atoms. The van der Waals surface area contributed by atoms with Crippen molar-refractivity contribution in [1.82, 2.24) is 9.80 Å². The summed E-state index contributed by atoms with van der Waals surface area (Å²) in [7, 11) is 0. The average Bonchev–Trinajstić information content (AvgIpc) is 2.51. The maximum absolute atomic E-state index is 12.0. The van der Waals surface area contributed by atoms with Gasteiger partial charge in [-0.1, -0.05) is 36.8 Å². The van der Waals surface area contributed by atoms with Crippen LogP contribution in [-0.4, -0.2) is 41.4 Å². The predicted octanol–water partition coefficient (Wildman–Crippen LogP) is 3.22. The SMILES string of the molecule is CCC(=O)N(CC)C1CCN(Cc2ccc(C)cc2)CC1. The van der Waals surface area contributed by atoms with Crippen molar-refractivity contribution in [2.24, 2.45) is 0 Å². The van der Waals surface area contributed by atoms with Crippen LogP contribution in [0, 0.1) is 6.92 Å². The Bertz CT molecular complexity index is 447. The second-order valence-electron chi connectivity index (χ2n) is 6.03. The van der Waals surface area contributed by atoms with E-state index in [1.165, 1.54) is 11.1 Å². The third-order valence-electron chi connectivity index (χ3n) is 4.49. The van der Waals surface area contributed by atoms with Gasteiger partial charge < -0.3 is 4.90 Å². The van der Waals surface area contributed by atoms with Crippen LogP contribution < -0.4 is 0 Å². The number of nitrogens with zero attached hydrogens (tertiary/aromatic N) is 2. The van der Waals surface area contributed by atoms with Crippen LogP contribution in [0.25, 0.3) is 0 Å². The molecule has 0 aliphatic carbocycles. The molecule has 0 unspecified atom stereocenters. The molecule has 3 nitrogen and oxygen atoms in total. The molecule has 0 aromatic heterocycles. The van der Waals surface area contributed by atoms with Gasteiger partial charge in [-0.05, 0) is 32.3 Å². The molecular weight excluding hydrogens is 260 g/mol. The van der Waals surface area contributed by atoms with Gasteiger partial charge in [0.15, 0.2) is 0 Å². The zero-order chi connectivity index (χ0) is 15.2. The summed E-state index contributed by atoms with van der Waals surface area (Å²) in [4.78, 5) is 16.5. The Morgan fingerprint density at radius 3 is 2.33 bits per heavy atom. The number of benzene rings is 1. The largest absolute Gasteiger partial charge is 0.340 e. The van der Waals surface area contributed by atoms with Crippen molar-refractivity contribution < 1.29 is 4.79 Å². The van der Waals surface area contributed by atoms with Gasteiger partial charge in [0.2, 0.25) is 5.91 Å². The van der Waals surface area contributed by atoms with Crippen molar-refractivity contribution in [3.8, 4) is 0 Å². The number of aryl methyl sites for hydroxylation is 1. The molecule has 1 aromatic carbocycles. The first kappa shape index (κ1) is 16.0. The van der Waals surface area contributed by atoms with Crippen molar-refractivity contribution in [2.45, 2.75) is 52.6 Å². The van der Waals surface area contributed by atoms with E-state index in [2.05, 4.69) is 47.9 Å². The zero-order valence-electron chi connectivity index (χ0n) is 13.6. The smallest absolute Gasteiger partial charge is 0.222 e. The number of amides is 1. The van der Waals surface area contributed by atoms with Gasteiger partial charge in [0.1, 0.15) is 0 Å². The summed E-state index contributed by atoms with van der Waals surface area (Å²) < 4.78 is 0. The molecule has 1 aliphatic heterocycles. The van der Waals surface area contributed by atoms with E-state index < -0.39 is 0 Å². The monoisotopic (exact) mass is 288 g/mol. The quantitative estimate of drug-likeness (QED) is 0.830. The lowest BCUT2D eigenvalue weighted by Crippen LogP contribution is -2.46. The van der Waals surface area contributed by atoms with Gasteiger partial charge in [-0.25, -0.2) is 0 Å². The Hall–Kier alpha value is -1.35. The summed E-state index contributed by atoms with van der Waals surface area (Å²) in [5.41, 5.74) is 2.70. The van der Waals surface area contributed by atoms with E-state index in [-0.39, 0.29) is 0 Å². The molecule has 0 atom stereocenters. The Labute approximate surface area is 128 Å². The summed E-state index contributed by atoms with van der Waals surface area (Å²) >= 11 is 0. The van der Waals surface area contributed by atoms with Crippen molar-refractivity contribution in [3.05, 3.63) is 35.4 Å². The molecule has 1 aliphatic rings. The second-order valence-corrected chi connectivity index (χ2v) is 6.03. The molecule has 2 rings (SSSR count). The summed E-state index contributed by atoms with van der Waals surface area (Å²) in [6, 6.07) is 9.25. The summed E-state index contributed by atoms with van der Waals surface area (Å²) in [6.45, 7) is 10.2. The predicted molar refractivity (Wildman–Crippen MR) is 87.2 cm³/mol. The molecular formula is C18H28N2O. The highest BCUT2D eigenvalue weighted by molar-refractivity contribution is 5.76. The van der Waals surface area contributed by atoms with Gasteiger partial charge in [-0.15, -0.1) is 0 Å². The van der Waals surface area contributed by atoms with Crippen LogP contribution in [0.15, 0.2) is 24.3 Å². The average molecular weight is 288 g/mol. The number of hydrogen-bond donors (Lipinski definition) is 0. The van der Waals surface area contributed by atoms with Crippen LogP contribution in [0.1, 0.15) is 44.2 Å². The van der Waals surface area contributed by atoms with Gasteiger partial charge >= 0.3 is 0 Å². The Morgan fingerprint density at radius 2 is 1.81 bits per heavy atom. The lowest BCUT2D eigenvalue weighted by Gasteiger charge is -2.38. The van der Waals surface area contributed by atoms with E-state index in [4.69, 9.17) is 0 Å². The molecule has 3 heteroatoms. The maximum atomic E-state index is 12.0. The molecule has 0 spiro atoms. The molecule has 1 aromatic rings.